The summed E-state index contributed by atoms with van der Waals surface area (Å²) in [6, 6.07) is 10.5. The van der Waals surface area contributed by atoms with Gasteiger partial charge in [0.25, 0.3) is 0 Å². The second-order valence-corrected chi connectivity index (χ2v) is 10.2. The number of anilines is 2. The Balaban J connectivity index is 1.05. The maximum atomic E-state index is 11.6. The van der Waals surface area contributed by atoms with Gasteiger partial charge in [0.1, 0.15) is 17.2 Å². The topological polar surface area (TPSA) is 66.9 Å². The molecule has 2 aromatic rings. The summed E-state index contributed by atoms with van der Waals surface area (Å²) >= 11 is 0. The Morgan fingerprint density at radius 3 is 2.74 bits per heavy atom. The molecule has 5 rings (SSSR count). The second kappa shape index (κ2) is 9.82. The molecule has 1 N–H and O–H groups in total. The summed E-state index contributed by atoms with van der Waals surface area (Å²) < 4.78 is 12.2. The zero-order chi connectivity index (χ0) is 23.5. The van der Waals surface area contributed by atoms with Crippen LogP contribution in [0.1, 0.15) is 50.7 Å². The molecule has 7 heteroatoms. The molecule has 1 fully saturated rings. The van der Waals surface area contributed by atoms with Gasteiger partial charge in [-0.2, -0.15) is 4.98 Å². The lowest BCUT2D eigenvalue weighted by Gasteiger charge is -2.40. The van der Waals surface area contributed by atoms with Crippen LogP contribution in [-0.4, -0.2) is 60.7 Å². The molecule has 0 atom stereocenters. The zero-order valence-electron chi connectivity index (χ0n) is 20.4. The minimum absolute atomic E-state index is 0.0285. The van der Waals surface area contributed by atoms with Gasteiger partial charge in [0.05, 0.1) is 12.3 Å². The van der Waals surface area contributed by atoms with Gasteiger partial charge in [-0.1, -0.05) is 12.1 Å². The van der Waals surface area contributed by atoms with E-state index in [1.165, 1.54) is 11.3 Å². The highest BCUT2D eigenvalue weighted by Gasteiger charge is 2.30. The summed E-state index contributed by atoms with van der Waals surface area (Å²) in [5.41, 5.74) is 3.59. The second-order valence-electron chi connectivity index (χ2n) is 10.2. The molecule has 182 valence electrons. The summed E-state index contributed by atoms with van der Waals surface area (Å²) in [5, 5.41) is 2.83. The largest absolute Gasteiger partial charge is 0.485 e. The maximum absolute atomic E-state index is 11.6. The summed E-state index contributed by atoms with van der Waals surface area (Å²) in [7, 11) is 0. The fourth-order valence-corrected chi connectivity index (χ4v) is 5.03. The van der Waals surface area contributed by atoms with Crippen LogP contribution in [0.3, 0.4) is 0 Å². The van der Waals surface area contributed by atoms with E-state index in [2.05, 4.69) is 52.1 Å². The number of benzene rings is 1. The number of aromatic nitrogens is 1. The Morgan fingerprint density at radius 2 is 1.88 bits per heavy atom. The van der Waals surface area contributed by atoms with Crippen LogP contribution in [0.25, 0.3) is 0 Å². The van der Waals surface area contributed by atoms with Crippen LogP contribution >= 0.6 is 0 Å². The number of hydrogen-bond acceptors (Lipinski definition) is 6. The number of ether oxygens (including phenoxy) is 2. The van der Waals surface area contributed by atoms with Gasteiger partial charge in [0.15, 0.2) is 0 Å². The minimum atomic E-state index is -0.0877. The molecule has 1 aromatic heterocycles. The van der Waals surface area contributed by atoms with Gasteiger partial charge in [-0.3, -0.25) is 9.69 Å². The van der Waals surface area contributed by atoms with E-state index >= 15 is 0 Å². The number of pyridine rings is 1. The number of fused-ring (bicyclic) bond motifs is 2. The van der Waals surface area contributed by atoms with Gasteiger partial charge in [-0.25, -0.2) is 0 Å². The molecule has 0 radical (unpaired) electrons. The number of hydrogen-bond donors (Lipinski definition) is 1. The molecule has 0 bridgehead atoms. The van der Waals surface area contributed by atoms with E-state index in [9.17, 15) is 4.79 Å². The molecule has 0 aliphatic carbocycles. The highest BCUT2D eigenvalue weighted by molar-refractivity contribution is 5.92. The fraction of sp³-hybridized carbons (Fsp3) is 0.556. The molecule has 1 amide bonds. The minimum Gasteiger partial charge on any atom is -0.485 e. The third-order valence-corrected chi connectivity index (χ3v) is 7.11. The van der Waals surface area contributed by atoms with Crippen molar-refractivity contribution >= 4 is 17.4 Å². The Morgan fingerprint density at radius 1 is 1.03 bits per heavy atom. The highest BCUT2D eigenvalue weighted by Crippen LogP contribution is 2.40. The predicted molar refractivity (Wildman–Crippen MR) is 134 cm³/mol. The molecule has 4 heterocycles. The Hall–Kier alpha value is -2.80. The van der Waals surface area contributed by atoms with Crippen molar-refractivity contribution < 1.29 is 14.3 Å². The van der Waals surface area contributed by atoms with Crippen molar-refractivity contribution in [2.45, 2.75) is 58.0 Å². The smallest absolute Gasteiger partial charge is 0.225 e. The van der Waals surface area contributed by atoms with E-state index in [0.717, 1.165) is 76.1 Å². The normalized spacial score (nSPS) is 19.6. The van der Waals surface area contributed by atoms with Crippen LogP contribution in [0.5, 0.6) is 11.6 Å². The van der Waals surface area contributed by atoms with Gasteiger partial charge in [-0.15, -0.1) is 0 Å². The number of amides is 1. The third kappa shape index (κ3) is 5.30. The van der Waals surface area contributed by atoms with Gasteiger partial charge < -0.3 is 19.7 Å². The van der Waals surface area contributed by atoms with Crippen LogP contribution in [0.2, 0.25) is 0 Å². The van der Waals surface area contributed by atoms with E-state index in [0.29, 0.717) is 24.7 Å². The molecule has 1 aromatic carbocycles. The van der Waals surface area contributed by atoms with Gasteiger partial charge >= 0.3 is 0 Å². The van der Waals surface area contributed by atoms with Crippen LogP contribution in [0.4, 0.5) is 11.5 Å². The first-order valence-corrected chi connectivity index (χ1v) is 12.7. The first kappa shape index (κ1) is 23.0. The number of carbonyl (C=O) groups excluding carboxylic acids is 1. The summed E-state index contributed by atoms with van der Waals surface area (Å²) in [4.78, 5) is 21.0. The number of aryl methyl sites for hydroxylation is 2. The van der Waals surface area contributed by atoms with Gasteiger partial charge in [0.2, 0.25) is 11.8 Å². The molecule has 34 heavy (non-hydrogen) atoms. The third-order valence-electron chi connectivity index (χ3n) is 7.11. The Labute approximate surface area is 202 Å². The zero-order valence-corrected chi connectivity index (χ0v) is 20.4. The van der Waals surface area contributed by atoms with E-state index in [4.69, 9.17) is 9.47 Å². The first-order chi connectivity index (χ1) is 16.5. The lowest BCUT2D eigenvalue weighted by molar-refractivity contribution is -0.116. The number of unbranched alkanes of at least 4 members (excludes halogenated alkanes) is 1. The number of nitrogens with zero attached hydrogens (tertiary/aromatic N) is 3. The van der Waals surface area contributed by atoms with Gasteiger partial charge in [-0.05, 0) is 75.8 Å². The summed E-state index contributed by atoms with van der Waals surface area (Å²) in [6.07, 6.45) is 5.52. The summed E-state index contributed by atoms with van der Waals surface area (Å²) in [6.45, 7) is 10.3. The molecule has 1 saturated heterocycles. The lowest BCUT2D eigenvalue weighted by atomic mass is 9.93. The quantitative estimate of drug-likeness (QED) is 0.624. The fourth-order valence-electron chi connectivity index (χ4n) is 5.03. The number of piperazine rings is 1. The maximum Gasteiger partial charge on any atom is 0.225 e. The average Bonchev–Trinajstić information content (AvgIpc) is 2.83. The van der Waals surface area contributed by atoms with Crippen LogP contribution < -0.4 is 19.7 Å². The number of carbonyl (C=O) groups is 1. The SMILES string of the molecule is CC1(C)CCc2cccc(N3CCN(CCCCOc4ccc5c(n4)NC(=O)CC5)CC3)c2O1. The molecule has 0 unspecified atom stereocenters. The van der Waals surface area contributed by atoms with Crippen molar-refractivity contribution in [3.8, 4) is 11.6 Å². The molecule has 3 aliphatic rings. The van der Waals surface area contributed by atoms with E-state index in [1.807, 2.05) is 12.1 Å². The monoisotopic (exact) mass is 464 g/mol. The van der Waals surface area contributed by atoms with Crippen molar-refractivity contribution in [3.05, 3.63) is 41.5 Å². The standard InChI is InChI=1S/C27H36N4O3/c1-27(2)13-12-20-6-5-7-22(25(20)34-27)31-17-15-30(16-18-31)14-3-4-19-33-24-11-9-21-8-10-23(32)28-26(21)29-24/h5-7,9,11H,3-4,8,10,12-19H2,1-2H3,(H,28,29,32). The Kier molecular flexibility index (Phi) is 6.63. The highest BCUT2D eigenvalue weighted by atomic mass is 16.5. The van der Waals surface area contributed by atoms with E-state index in [1.54, 1.807) is 0 Å². The number of para-hydroxylation sites is 1. The van der Waals surface area contributed by atoms with Crippen molar-refractivity contribution in [2.24, 2.45) is 0 Å². The molecule has 0 spiro atoms. The predicted octanol–water partition coefficient (Wildman–Crippen LogP) is 4.05. The van der Waals surface area contributed by atoms with Crippen molar-refractivity contribution in [1.82, 2.24) is 9.88 Å². The Bertz CT molecular complexity index is 1030. The molecular weight excluding hydrogens is 428 g/mol. The number of nitrogens with one attached hydrogen (secondary N) is 1. The average molecular weight is 465 g/mol. The van der Waals surface area contributed by atoms with Crippen molar-refractivity contribution in [1.29, 1.82) is 0 Å². The summed E-state index contributed by atoms with van der Waals surface area (Å²) in [5.74, 6) is 2.37. The molecule has 0 saturated carbocycles. The van der Waals surface area contributed by atoms with Crippen LogP contribution in [-0.2, 0) is 17.6 Å². The first-order valence-electron chi connectivity index (χ1n) is 12.7. The van der Waals surface area contributed by atoms with Gasteiger partial charge in [0, 0.05) is 38.7 Å². The van der Waals surface area contributed by atoms with Crippen LogP contribution in [0, 0.1) is 0 Å². The number of rotatable bonds is 7. The van der Waals surface area contributed by atoms with E-state index in [-0.39, 0.29) is 11.5 Å². The molecule has 3 aliphatic heterocycles. The molecular formula is C27H36N4O3. The van der Waals surface area contributed by atoms with Crippen molar-refractivity contribution in [3.63, 3.8) is 0 Å². The van der Waals surface area contributed by atoms with Crippen LogP contribution in [0.15, 0.2) is 30.3 Å². The van der Waals surface area contributed by atoms with E-state index < -0.39 is 0 Å². The molecule has 7 nitrogen and oxygen atoms in total. The lowest BCUT2D eigenvalue weighted by Crippen LogP contribution is -2.47. The van der Waals surface area contributed by atoms with Crippen molar-refractivity contribution in [2.75, 3.05) is 49.5 Å².